The lowest BCUT2D eigenvalue weighted by Crippen LogP contribution is -2.45. The Morgan fingerprint density at radius 1 is 1.24 bits per heavy atom. The van der Waals surface area contributed by atoms with Gasteiger partial charge >= 0.3 is 0 Å². The fourth-order valence-corrected chi connectivity index (χ4v) is 4.30. The lowest BCUT2D eigenvalue weighted by molar-refractivity contribution is 0.0355. The summed E-state index contributed by atoms with van der Waals surface area (Å²) < 4.78 is 1.88. The van der Waals surface area contributed by atoms with E-state index < -0.39 is 0 Å². The maximum absolute atomic E-state index is 12.7. The minimum absolute atomic E-state index is 0.0119. The highest BCUT2D eigenvalue weighted by molar-refractivity contribution is 7.15. The molecule has 5 nitrogen and oxygen atoms in total. The molecule has 25 heavy (non-hydrogen) atoms. The summed E-state index contributed by atoms with van der Waals surface area (Å²) in [5.74, 6) is -0.0119. The average Bonchev–Trinajstić information content (AvgIpc) is 3.25. The first-order valence-electron chi connectivity index (χ1n) is 8.55. The zero-order chi connectivity index (χ0) is 17.3. The minimum atomic E-state index is -0.132. The Hall–Kier alpha value is -2.18. The number of benzene rings is 1. The molecule has 0 spiro atoms. The van der Waals surface area contributed by atoms with Crippen LogP contribution in [0.25, 0.3) is 4.96 Å². The van der Waals surface area contributed by atoms with Gasteiger partial charge in [0, 0.05) is 42.9 Å². The molecule has 4 rings (SSSR count). The van der Waals surface area contributed by atoms with E-state index in [4.69, 9.17) is 0 Å². The Kier molecular flexibility index (Phi) is 4.31. The van der Waals surface area contributed by atoms with E-state index in [2.05, 4.69) is 17.1 Å². The number of amides is 1. The smallest absolute Gasteiger partial charge is 0.274 e. The molecule has 1 amide bonds. The maximum Gasteiger partial charge on any atom is 0.274 e. The quantitative estimate of drug-likeness (QED) is 0.783. The highest BCUT2D eigenvalue weighted by Gasteiger charge is 2.36. The van der Waals surface area contributed by atoms with Crippen molar-refractivity contribution in [2.45, 2.75) is 19.3 Å². The number of fused-ring (bicyclic) bond motifs is 1. The van der Waals surface area contributed by atoms with Crippen LogP contribution in [-0.4, -0.2) is 45.0 Å². The summed E-state index contributed by atoms with van der Waals surface area (Å²) in [4.78, 5) is 19.8. The molecule has 1 fully saturated rings. The van der Waals surface area contributed by atoms with Crippen molar-refractivity contribution in [1.82, 2.24) is 14.3 Å². The van der Waals surface area contributed by atoms with Crippen LogP contribution in [0, 0.1) is 5.41 Å². The van der Waals surface area contributed by atoms with Crippen LogP contribution >= 0.6 is 11.3 Å². The van der Waals surface area contributed by atoms with Crippen LogP contribution in [0.3, 0.4) is 0 Å². The molecule has 0 unspecified atom stereocenters. The predicted octanol–water partition coefficient (Wildman–Crippen LogP) is 2.85. The van der Waals surface area contributed by atoms with E-state index in [9.17, 15) is 9.90 Å². The molecule has 0 atom stereocenters. The van der Waals surface area contributed by atoms with Gasteiger partial charge in [-0.15, -0.1) is 11.3 Å². The molecular formula is C19H21N3O2S. The van der Waals surface area contributed by atoms with Gasteiger partial charge in [-0.25, -0.2) is 4.98 Å². The summed E-state index contributed by atoms with van der Waals surface area (Å²) in [7, 11) is 0. The van der Waals surface area contributed by atoms with Gasteiger partial charge in [-0.1, -0.05) is 30.3 Å². The third-order valence-electron chi connectivity index (χ3n) is 5.18. The lowest BCUT2D eigenvalue weighted by atomic mass is 9.74. The van der Waals surface area contributed by atoms with Crippen molar-refractivity contribution in [3.05, 3.63) is 59.4 Å². The predicted molar refractivity (Wildman–Crippen MR) is 97.9 cm³/mol. The molecule has 3 heterocycles. The number of aliphatic hydroxyl groups is 1. The molecule has 130 valence electrons. The van der Waals surface area contributed by atoms with Crippen LogP contribution in [0.4, 0.5) is 0 Å². The van der Waals surface area contributed by atoms with Gasteiger partial charge in [0.25, 0.3) is 5.91 Å². The fraction of sp³-hybridized carbons (Fsp3) is 0.368. The third-order valence-corrected chi connectivity index (χ3v) is 5.95. The summed E-state index contributed by atoms with van der Waals surface area (Å²) in [6.07, 6.45) is 6.19. The normalized spacial score (nSPS) is 17.1. The molecule has 1 saturated heterocycles. The van der Waals surface area contributed by atoms with Gasteiger partial charge in [-0.3, -0.25) is 9.20 Å². The first-order chi connectivity index (χ1) is 12.2. The molecule has 0 aliphatic carbocycles. The number of hydrogen-bond donors (Lipinski definition) is 1. The number of hydrogen-bond acceptors (Lipinski definition) is 4. The molecular weight excluding hydrogens is 334 g/mol. The first kappa shape index (κ1) is 16.3. The minimum Gasteiger partial charge on any atom is -0.396 e. The number of carbonyl (C=O) groups is 1. The maximum atomic E-state index is 12.7. The molecule has 1 aliphatic heterocycles. The van der Waals surface area contributed by atoms with Crippen molar-refractivity contribution in [2.75, 3.05) is 19.7 Å². The molecule has 0 radical (unpaired) electrons. The monoisotopic (exact) mass is 355 g/mol. The standard InChI is InChI=1S/C19H21N3O2S/c23-14-19(12-15-4-2-1-3-5-15)6-8-21(9-7-19)17(24)16-13-22-10-11-25-18(22)20-16/h1-5,10-11,13,23H,6-9,12,14H2. The number of carbonyl (C=O) groups excluding carboxylic acids is 1. The molecule has 1 N–H and O–H groups in total. The lowest BCUT2D eigenvalue weighted by Gasteiger charge is -2.40. The van der Waals surface area contributed by atoms with E-state index in [0.717, 1.165) is 24.2 Å². The number of nitrogens with zero attached hydrogens (tertiary/aromatic N) is 3. The zero-order valence-electron chi connectivity index (χ0n) is 14.0. The highest BCUT2D eigenvalue weighted by atomic mass is 32.1. The molecule has 1 aliphatic rings. The van der Waals surface area contributed by atoms with Gasteiger partial charge in [0.2, 0.25) is 0 Å². The molecule has 2 aromatic heterocycles. The van der Waals surface area contributed by atoms with Gasteiger partial charge in [0.05, 0.1) is 0 Å². The molecule has 0 saturated carbocycles. The fourth-order valence-electron chi connectivity index (χ4n) is 3.60. The number of aliphatic hydroxyl groups excluding tert-OH is 1. The molecule has 0 bridgehead atoms. The summed E-state index contributed by atoms with van der Waals surface area (Å²) >= 11 is 1.52. The van der Waals surface area contributed by atoms with E-state index >= 15 is 0 Å². The highest BCUT2D eigenvalue weighted by Crippen LogP contribution is 2.35. The summed E-state index contributed by atoms with van der Waals surface area (Å²) in [6, 6.07) is 10.3. The van der Waals surface area contributed by atoms with Crippen molar-refractivity contribution in [3.8, 4) is 0 Å². The third kappa shape index (κ3) is 3.19. The van der Waals surface area contributed by atoms with E-state index in [-0.39, 0.29) is 17.9 Å². The van der Waals surface area contributed by atoms with Crippen LogP contribution in [0.1, 0.15) is 28.9 Å². The second-order valence-corrected chi connectivity index (χ2v) is 7.70. The van der Waals surface area contributed by atoms with Gasteiger partial charge in [-0.2, -0.15) is 0 Å². The van der Waals surface area contributed by atoms with Gasteiger partial charge < -0.3 is 10.0 Å². The van der Waals surface area contributed by atoms with Crippen molar-refractivity contribution in [1.29, 1.82) is 0 Å². The van der Waals surface area contributed by atoms with E-state index in [1.807, 2.05) is 39.1 Å². The number of likely N-dealkylation sites (tertiary alicyclic amines) is 1. The van der Waals surface area contributed by atoms with E-state index in [1.54, 1.807) is 6.20 Å². The molecule has 6 heteroatoms. The Morgan fingerprint density at radius 3 is 2.68 bits per heavy atom. The zero-order valence-corrected chi connectivity index (χ0v) is 14.8. The van der Waals surface area contributed by atoms with E-state index in [0.29, 0.717) is 18.8 Å². The van der Waals surface area contributed by atoms with Crippen LogP contribution in [-0.2, 0) is 6.42 Å². The topological polar surface area (TPSA) is 57.8 Å². The first-order valence-corrected chi connectivity index (χ1v) is 9.43. The number of thiazole rings is 1. The summed E-state index contributed by atoms with van der Waals surface area (Å²) in [6.45, 7) is 1.49. The van der Waals surface area contributed by atoms with Gasteiger partial charge in [0.15, 0.2) is 4.96 Å². The summed E-state index contributed by atoms with van der Waals surface area (Å²) in [5.41, 5.74) is 1.62. The summed E-state index contributed by atoms with van der Waals surface area (Å²) in [5, 5.41) is 11.9. The Bertz CT molecular complexity index is 835. The SMILES string of the molecule is O=C(c1cn2ccsc2n1)N1CCC(CO)(Cc2ccccc2)CC1. The Labute approximate surface area is 150 Å². The van der Waals surface area contributed by atoms with Crippen molar-refractivity contribution < 1.29 is 9.90 Å². The number of piperidine rings is 1. The largest absolute Gasteiger partial charge is 0.396 e. The second kappa shape index (κ2) is 6.61. The van der Waals surface area contributed by atoms with Gasteiger partial charge in [0.1, 0.15) is 5.69 Å². The van der Waals surface area contributed by atoms with Crippen molar-refractivity contribution >= 4 is 22.2 Å². The van der Waals surface area contributed by atoms with Crippen LogP contribution in [0.5, 0.6) is 0 Å². The van der Waals surface area contributed by atoms with Crippen molar-refractivity contribution in [3.63, 3.8) is 0 Å². The second-order valence-electron chi connectivity index (χ2n) is 6.83. The molecule has 3 aromatic rings. The molecule has 1 aromatic carbocycles. The van der Waals surface area contributed by atoms with Crippen LogP contribution in [0.2, 0.25) is 0 Å². The van der Waals surface area contributed by atoms with Crippen molar-refractivity contribution in [2.24, 2.45) is 5.41 Å². The van der Waals surface area contributed by atoms with Crippen LogP contribution < -0.4 is 0 Å². The Morgan fingerprint density at radius 2 is 2.00 bits per heavy atom. The van der Waals surface area contributed by atoms with Gasteiger partial charge in [-0.05, 0) is 24.8 Å². The Balaban J connectivity index is 1.44. The average molecular weight is 355 g/mol. The number of aromatic nitrogens is 2. The number of rotatable bonds is 4. The number of imidazole rings is 1. The van der Waals surface area contributed by atoms with Crippen LogP contribution in [0.15, 0.2) is 48.1 Å². The van der Waals surface area contributed by atoms with E-state index in [1.165, 1.54) is 16.9 Å².